The van der Waals surface area contributed by atoms with Crippen molar-refractivity contribution in [2.75, 3.05) is 20.8 Å². The van der Waals surface area contributed by atoms with Crippen LogP contribution in [-0.2, 0) is 9.47 Å². The molecule has 0 aromatic heterocycles. The molecule has 0 aliphatic carbocycles. The van der Waals surface area contributed by atoms with Gasteiger partial charge in [0.2, 0.25) is 12.0 Å². The molecular weight excluding hydrogens is 536 g/mol. The fourth-order valence-electron chi connectivity index (χ4n) is 4.69. The highest BCUT2D eigenvalue weighted by Gasteiger charge is 2.47. The first-order valence-corrected chi connectivity index (χ1v) is 11.9. The Morgan fingerprint density at radius 3 is 2.20 bits per heavy atom. The Labute approximate surface area is 226 Å². The SMILES string of the molecule is COc1cc(C2Oc3cc(O)cc4c3C(=C2O[C@@H]2O[C@H](CO)[C@@H](O)[C@H](O)[C@H]2O)C=C(C(O)=[OH+])O4)cc(OC)c1O. The molecule has 1 fully saturated rings. The number of aliphatic hydroxyl groups is 4. The van der Waals surface area contributed by atoms with Crippen molar-refractivity contribution in [1.82, 2.24) is 0 Å². The molecule has 0 bridgehead atoms. The molecule has 14 heteroatoms. The molecule has 1 unspecified atom stereocenters. The van der Waals surface area contributed by atoms with E-state index in [9.17, 15) is 40.5 Å². The van der Waals surface area contributed by atoms with Gasteiger partial charge in [-0.1, -0.05) is 0 Å². The van der Waals surface area contributed by atoms with Gasteiger partial charge in [0.05, 0.1) is 26.4 Å². The van der Waals surface area contributed by atoms with Gasteiger partial charge >= 0.3 is 5.97 Å². The molecule has 0 amide bonds. The van der Waals surface area contributed by atoms with Gasteiger partial charge in [-0.25, -0.2) is 0 Å². The number of rotatable bonds is 7. The highest BCUT2D eigenvalue weighted by molar-refractivity contribution is 5.96. The van der Waals surface area contributed by atoms with Gasteiger partial charge in [-0.05, 0) is 12.1 Å². The summed E-state index contributed by atoms with van der Waals surface area (Å²) in [6, 6.07) is 5.31. The van der Waals surface area contributed by atoms with Crippen molar-refractivity contribution >= 4 is 11.5 Å². The number of phenolic OH excluding ortho intramolecular Hbond substituents is 2. The van der Waals surface area contributed by atoms with E-state index in [-0.39, 0.29) is 57.0 Å². The normalized spacial score (nSPS) is 27.1. The van der Waals surface area contributed by atoms with Gasteiger partial charge in [0, 0.05) is 29.3 Å². The largest absolute Gasteiger partial charge is 0.552 e. The summed E-state index contributed by atoms with van der Waals surface area (Å²) in [5.41, 5.74) is 0.648. The molecule has 6 atom stereocenters. The molecule has 0 spiro atoms. The maximum absolute atomic E-state index is 10.7. The van der Waals surface area contributed by atoms with E-state index in [1.54, 1.807) is 0 Å². The summed E-state index contributed by atoms with van der Waals surface area (Å²) in [4.78, 5) is 9.81. The second-order valence-electron chi connectivity index (χ2n) is 9.12. The number of allylic oxidation sites excluding steroid dienone is 2. The predicted octanol–water partition coefficient (Wildman–Crippen LogP) is 0.113. The summed E-state index contributed by atoms with van der Waals surface area (Å²) < 4.78 is 33.8. The van der Waals surface area contributed by atoms with Gasteiger partial charge in [-0.15, -0.1) is 0 Å². The number of aromatic hydroxyl groups is 2. The number of aliphatic carboxylic acids is 1. The van der Waals surface area contributed by atoms with E-state index in [0.29, 0.717) is 0 Å². The van der Waals surface area contributed by atoms with E-state index >= 15 is 0 Å². The summed E-state index contributed by atoms with van der Waals surface area (Å²) in [5, 5.41) is 71.4. The molecule has 5 rings (SSSR count). The van der Waals surface area contributed by atoms with Crippen LogP contribution in [0.1, 0.15) is 17.2 Å². The minimum Gasteiger partial charge on any atom is -0.508 e. The lowest BCUT2D eigenvalue weighted by atomic mass is 9.91. The lowest BCUT2D eigenvalue weighted by Gasteiger charge is -2.41. The first kappa shape index (κ1) is 27.4. The number of phenols is 2. The van der Waals surface area contributed by atoms with Gasteiger partial charge in [0.15, 0.2) is 23.4 Å². The van der Waals surface area contributed by atoms with Crippen LogP contribution in [0.15, 0.2) is 41.9 Å². The smallest absolute Gasteiger partial charge is 0.508 e. The van der Waals surface area contributed by atoms with E-state index < -0.39 is 55.1 Å². The van der Waals surface area contributed by atoms with Gasteiger partial charge in [-0.3, -0.25) is 0 Å². The number of carboxylic acids is 1. The third kappa shape index (κ3) is 4.51. The van der Waals surface area contributed by atoms with E-state index in [1.165, 1.54) is 44.6 Å². The van der Waals surface area contributed by atoms with Gasteiger partial charge in [0.25, 0.3) is 5.76 Å². The Balaban J connectivity index is 1.73. The molecule has 40 heavy (non-hydrogen) atoms. The molecule has 0 radical (unpaired) electrons. The lowest BCUT2D eigenvalue weighted by Crippen LogP contribution is -2.59. The number of hydrogen-bond donors (Lipinski definition) is 7. The monoisotopic (exact) mass is 563 g/mol. The fraction of sp³-hybridized carbons (Fsp3) is 0.346. The summed E-state index contributed by atoms with van der Waals surface area (Å²) in [6.07, 6.45) is -8.18. The average Bonchev–Trinajstić information content (AvgIpc) is 2.93. The Bertz CT molecular complexity index is 1370. The zero-order valence-electron chi connectivity index (χ0n) is 21.1. The first-order chi connectivity index (χ1) is 19.1. The van der Waals surface area contributed by atoms with Crippen molar-refractivity contribution in [3.05, 3.63) is 53.0 Å². The van der Waals surface area contributed by atoms with Crippen LogP contribution in [0.25, 0.3) is 5.57 Å². The third-order valence-corrected chi connectivity index (χ3v) is 6.68. The summed E-state index contributed by atoms with van der Waals surface area (Å²) in [5.74, 6) is -2.23. The number of carboxylic acid groups (broad SMARTS) is 1. The molecule has 2 aromatic carbocycles. The van der Waals surface area contributed by atoms with Crippen molar-refractivity contribution < 1.29 is 69.0 Å². The molecule has 2 aromatic rings. The Hall–Kier alpha value is -4.21. The molecule has 0 saturated carbocycles. The second kappa shape index (κ2) is 10.4. The molecule has 3 heterocycles. The van der Waals surface area contributed by atoms with E-state index in [2.05, 4.69) is 0 Å². The highest BCUT2D eigenvalue weighted by Crippen LogP contribution is 2.53. The van der Waals surface area contributed by atoms with Crippen molar-refractivity contribution in [3.63, 3.8) is 0 Å². The summed E-state index contributed by atoms with van der Waals surface area (Å²) >= 11 is 0. The lowest BCUT2D eigenvalue weighted by molar-refractivity contribution is -0.293. The van der Waals surface area contributed by atoms with E-state index in [0.717, 1.165) is 0 Å². The van der Waals surface area contributed by atoms with Crippen LogP contribution >= 0.6 is 0 Å². The van der Waals surface area contributed by atoms with Crippen LogP contribution in [0.2, 0.25) is 0 Å². The highest BCUT2D eigenvalue weighted by atomic mass is 16.7. The zero-order valence-corrected chi connectivity index (χ0v) is 21.1. The number of benzene rings is 2. The average molecular weight is 563 g/mol. The minimum absolute atomic E-state index is 0.00193. The Morgan fingerprint density at radius 1 is 0.950 bits per heavy atom. The van der Waals surface area contributed by atoms with Gasteiger partial charge < -0.3 is 69.0 Å². The zero-order chi connectivity index (χ0) is 28.9. The van der Waals surface area contributed by atoms with Crippen LogP contribution in [0, 0.1) is 0 Å². The van der Waals surface area contributed by atoms with E-state index in [1.807, 2.05) is 0 Å². The number of ether oxygens (including phenoxy) is 6. The third-order valence-electron chi connectivity index (χ3n) is 6.68. The van der Waals surface area contributed by atoms with Crippen LogP contribution < -0.4 is 18.9 Å². The van der Waals surface area contributed by atoms with Gasteiger partial charge in [0.1, 0.15) is 41.7 Å². The van der Waals surface area contributed by atoms with E-state index in [4.69, 9.17) is 28.4 Å². The standard InChI is InChI=1S/C26H26O14/c1-35-14-3-9(4-15(36-2)19(14)29)23-24(40-26-22(32)21(31)20(30)17(8-27)39-26)11-7-16(25(33)34)37-12-5-10(28)6-13(38-23)18(11)12/h3-7,17,20-23,26-32H,8H2,1-2H3,(H,33,34)/p+1/t17-,20-,21+,22-,23?,26+/m1/s1. The fourth-order valence-corrected chi connectivity index (χ4v) is 4.69. The topological polar surface area (TPSA) is 218 Å². The quantitative estimate of drug-likeness (QED) is 0.223. The molecule has 14 nitrogen and oxygen atoms in total. The van der Waals surface area contributed by atoms with Crippen LogP contribution in [0.3, 0.4) is 0 Å². The number of hydrogen-bond acceptors (Lipinski definition) is 12. The second-order valence-corrected chi connectivity index (χ2v) is 9.12. The van der Waals surface area contributed by atoms with Crippen molar-refractivity contribution in [2.45, 2.75) is 36.8 Å². The summed E-state index contributed by atoms with van der Waals surface area (Å²) in [6.45, 7) is -0.708. The maximum Gasteiger partial charge on any atom is 0.552 e. The molecule has 1 saturated heterocycles. The van der Waals surface area contributed by atoms with Crippen LogP contribution in [0.4, 0.5) is 0 Å². The maximum atomic E-state index is 10.7. The number of aliphatic hydroxyl groups excluding tert-OH is 5. The molecular formula is C26H27O14+. The molecule has 8 N–H and O–H groups in total. The molecule has 214 valence electrons. The van der Waals surface area contributed by atoms with Crippen molar-refractivity contribution in [3.8, 4) is 34.5 Å². The minimum atomic E-state index is -1.79. The van der Waals surface area contributed by atoms with Gasteiger partial charge in [-0.2, -0.15) is 0 Å². The Kier molecular flexibility index (Phi) is 7.12. The predicted molar refractivity (Wildman–Crippen MR) is 133 cm³/mol. The van der Waals surface area contributed by atoms with Crippen molar-refractivity contribution in [2.24, 2.45) is 0 Å². The molecule has 3 aliphatic rings. The molecule has 3 aliphatic heterocycles. The van der Waals surface area contributed by atoms with Crippen LogP contribution in [-0.4, -0.2) is 98.0 Å². The number of methoxy groups -OCH3 is 2. The summed E-state index contributed by atoms with van der Waals surface area (Å²) in [7, 11) is 2.63. The van der Waals surface area contributed by atoms with Crippen LogP contribution in [0.5, 0.6) is 34.5 Å². The first-order valence-electron chi connectivity index (χ1n) is 11.9. The van der Waals surface area contributed by atoms with Crippen molar-refractivity contribution in [1.29, 1.82) is 0 Å². The Morgan fingerprint density at radius 2 is 1.60 bits per heavy atom.